The van der Waals surface area contributed by atoms with Crippen LogP contribution in [-0.4, -0.2) is 23.4 Å². The van der Waals surface area contributed by atoms with Gasteiger partial charge in [-0.1, -0.05) is 28.9 Å². The highest BCUT2D eigenvalue weighted by molar-refractivity contribution is 7.98. The molecule has 0 N–H and O–H groups in total. The van der Waals surface area contributed by atoms with E-state index in [1.165, 1.54) is 0 Å². The molecular weight excluding hydrogens is 348 g/mol. The second-order valence-corrected chi connectivity index (χ2v) is 6.54. The van der Waals surface area contributed by atoms with E-state index >= 15 is 0 Å². The van der Waals surface area contributed by atoms with Gasteiger partial charge in [-0.05, 0) is 30.3 Å². The van der Waals surface area contributed by atoms with Crippen molar-refractivity contribution in [3.63, 3.8) is 0 Å². The summed E-state index contributed by atoms with van der Waals surface area (Å²) in [6.45, 7) is 1.16. The minimum absolute atomic E-state index is 0.498. The maximum atomic E-state index is 6.16. The van der Waals surface area contributed by atoms with Gasteiger partial charge in [0.15, 0.2) is 11.5 Å². The Balaban J connectivity index is 1.46. The summed E-state index contributed by atoms with van der Waals surface area (Å²) in [5, 5.41) is 4.60. The predicted octanol–water partition coefficient (Wildman–Crippen LogP) is 4.45. The summed E-state index contributed by atoms with van der Waals surface area (Å²) in [6.07, 6.45) is 0. The van der Waals surface area contributed by atoms with Crippen LogP contribution in [0.25, 0.3) is 11.4 Å². The number of ether oxygens (including phenoxy) is 2. The zero-order chi connectivity index (χ0) is 16.4. The zero-order valence-electron chi connectivity index (χ0n) is 12.6. The lowest BCUT2D eigenvalue weighted by Gasteiger charge is -2.18. The number of hydrogen-bond acceptors (Lipinski definition) is 6. The van der Waals surface area contributed by atoms with Gasteiger partial charge in [-0.25, -0.2) is 0 Å². The molecule has 0 aliphatic carbocycles. The molecule has 0 unspecified atom stereocenters. The molecule has 2 heterocycles. The SMILES string of the molecule is Clc1ccccc1-c1noc(CSc2ccc3c(c2)OCCO3)n1. The lowest BCUT2D eigenvalue weighted by Crippen LogP contribution is -2.15. The molecule has 0 radical (unpaired) electrons. The topological polar surface area (TPSA) is 57.4 Å². The Morgan fingerprint density at radius 3 is 2.75 bits per heavy atom. The highest BCUT2D eigenvalue weighted by Gasteiger charge is 2.14. The number of halogens is 1. The molecule has 24 heavy (non-hydrogen) atoms. The number of nitrogens with zero attached hydrogens (tertiary/aromatic N) is 2. The van der Waals surface area contributed by atoms with Crippen molar-refractivity contribution in [3.05, 3.63) is 53.4 Å². The molecule has 4 rings (SSSR count). The second kappa shape index (κ2) is 6.75. The van der Waals surface area contributed by atoms with Gasteiger partial charge in [0.1, 0.15) is 13.2 Å². The molecule has 1 aliphatic rings. The monoisotopic (exact) mass is 360 g/mol. The molecule has 0 atom stereocenters. The molecule has 2 aromatic carbocycles. The smallest absolute Gasteiger partial charge is 0.237 e. The van der Waals surface area contributed by atoms with Crippen molar-refractivity contribution in [2.24, 2.45) is 0 Å². The van der Waals surface area contributed by atoms with Gasteiger partial charge in [0, 0.05) is 10.5 Å². The first-order chi connectivity index (χ1) is 11.8. The van der Waals surface area contributed by atoms with Gasteiger partial charge in [-0.3, -0.25) is 0 Å². The zero-order valence-corrected chi connectivity index (χ0v) is 14.1. The molecule has 1 aromatic heterocycles. The fourth-order valence-electron chi connectivity index (χ4n) is 2.32. The fraction of sp³-hybridized carbons (Fsp3) is 0.176. The molecule has 7 heteroatoms. The molecule has 5 nitrogen and oxygen atoms in total. The highest BCUT2D eigenvalue weighted by Crippen LogP contribution is 2.35. The molecule has 0 fully saturated rings. The van der Waals surface area contributed by atoms with Crippen LogP contribution in [-0.2, 0) is 5.75 Å². The molecule has 0 saturated heterocycles. The number of aromatic nitrogens is 2. The Hall–Kier alpha value is -2.18. The summed E-state index contributed by atoms with van der Waals surface area (Å²) >= 11 is 7.75. The summed E-state index contributed by atoms with van der Waals surface area (Å²) < 4.78 is 16.4. The predicted molar refractivity (Wildman–Crippen MR) is 91.7 cm³/mol. The average Bonchev–Trinajstić information content (AvgIpc) is 3.09. The summed E-state index contributed by atoms with van der Waals surface area (Å²) in [4.78, 5) is 5.46. The Morgan fingerprint density at radius 1 is 1.04 bits per heavy atom. The van der Waals surface area contributed by atoms with Crippen LogP contribution in [0.2, 0.25) is 5.02 Å². The van der Waals surface area contributed by atoms with Crippen LogP contribution in [0.1, 0.15) is 5.89 Å². The maximum absolute atomic E-state index is 6.16. The van der Waals surface area contributed by atoms with Gasteiger partial charge in [0.25, 0.3) is 0 Å². The van der Waals surface area contributed by atoms with E-state index in [0.29, 0.717) is 35.7 Å². The van der Waals surface area contributed by atoms with E-state index in [-0.39, 0.29) is 0 Å². The van der Waals surface area contributed by atoms with Crippen molar-refractivity contribution in [3.8, 4) is 22.9 Å². The quantitative estimate of drug-likeness (QED) is 0.640. The Labute approximate surface area is 147 Å². The minimum atomic E-state index is 0.498. The van der Waals surface area contributed by atoms with Gasteiger partial charge in [0.05, 0.1) is 10.8 Å². The second-order valence-electron chi connectivity index (χ2n) is 5.09. The number of rotatable bonds is 4. The van der Waals surface area contributed by atoms with Crippen molar-refractivity contribution >= 4 is 23.4 Å². The number of benzene rings is 2. The van der Waals surface area contributed by atoms with E-state index in [9.17, 15) is 0 Å². The van der Waals surface area contributed by atoms with E-state index < -0.39 is 0 Å². The Morgan fingerprint density at radius 2 is 1.88 bits per heavy atom. The summed E-state index contributed by atoms with van der Waals surface area (Å²) in [5.74, 6) is 3.16. The van der Waals surface area contributed by atoms with E-state index in [2.05, 4.69) is 10.1 Å². The van der Waals surface area contributed by atoms with Gasteiger partial charge >= 0.3 is 0 Å². The first-order valence-electron chi connectivity index (χ1n) is 7.39. The van der Waals surface area contributed by atoms with Crippen LogP contribution in [0.5, 0.6) is 11.5 Å². The first-order valence-corrected chi connectivity index (χ1v) is 8.76. The number of thioether (sulfide) groups is 1. The van der Waals surface area contributed by atoms with Crippen molar-refractivity contribution in [2.75, 3.05) is 13.2 Å². The Kier molecular flexibility index (Phi) is 4.32. The average molecular weight is 361 g/mol. The van der Waals surface area contributed by atoms with Crippen molar-refractivity contribution in [1.29, 1.82) is 0 Å². The molecule has 1 aliphatic heterocycles. The van der Waals surface area contributed by atoms with E-state index in [4.69, 9.17) is 25.6 Å². The Bertz CT molecular complexity index is 869. The van der Waals surface area contributed by atoms with Crippen LogP contribution in [0.3, 0.4) is 0 Å². The van der Waals surface area contributed by atoms with Crippen molar-refractivity contribution in [1.82, 2.24) is 10.1 Å². The van der Waals surface area contributed by atoms with E-state index in [0.717, 1.165) is 22.0 Å². The molecule has 0 saturated carbocycles. The molecule has 0 spiro atoms. The molecule has 0 bridgehead atoms. The van der Waals surface area contributed by atoms with Crippen molar-refractivity contribution in [2.45, 2.75) is 10.6 Å². The highest BCUT2D eigenvalue weighted by atomic mass is 35.5. The number of hydrogen-bond donors (Lipinski definition) is 0. The maximum Gasteiger partial charge on any atom is 0.237 e. The molecule has 3 aromatic rings. The standard InChI is InChI=1S/C17H13ClN2O3S/c18-13-4-2-1-3-12(13)17-19-16(23-20-17)10-24-11-5-6-14-15(9-11)22-8-7-21-14/h1-6,9H,7-8,10H2. The third kappa shape index (κ3) is 3.20. The molecule has 122 valence electrons. The lowest BCUT2D eigenvalue weighted by molar-refractivity contribution is 0.171. The third-order valence-corrected chi connectivity index (χ3v) is 4.77. The minimum Gasteiger partial charge on any atom is -0.486 e. The van der Waals surface area contributed by atoms with E-state index in [1.807, 2.05) is 36.4 Å². The van der Waals surface area contributed by atoms with Crippen molar-refractivity contribution < 1.29 is 14.0 Å². The first kappa shape index (κ1) is 15.4. The largest absolute Gasteiger partial charge is 0.486 e. The van der Waals surface area contributed by atoms with Gasteiger partial charge in [-0.15, -0.1) is 11.8 Å². The van der Waals surface area contributed by atoms with Crippen LogP contribution in [0, 0.1) is 0 Å². The normalized spacial score (nSPS) is 13.0. The fourth-order valence-corrected chi connectivity index (χ4v) is 3.31. The summed E-state index contributed by atoms with van der Waals surface area (Å²) in [7, 11) is 0. The van der Waals surface area contributed by atoms with Crippen LogP contribution in [0.15, 0.2) is 51.9 Å². The summed E-state index contributed by atoms with van der Waals surface area (Å²) in [5.41, 5.74) is 0.762. The van der Waals surface area contributed by atoms with Crippen LogP contribution >= 0.6 is 23.4 Å². The van der Waals surface area contributed by atoms with Crippen LogP contribution in [0.4, 0.5) is 0 Å². The van der Waals surface area contributed by atoms with Crippen LogP contribution < -0.4 is 9.47 Å². The van der Waals surface area contributed by atoms with Gasteiger partial charge in [0.2, 0.25) is 11.7 Å². The third-order valence-electron chi connectivity index (χ3n) is 3.46. The van der Waals surface area contributed by atoms with Gasteiger partial charge < -0.3 is 14.0 Å². The lowest BCUT2D eigenvalue weighted by atomic mass is 10.2. The van der Waals surface area contributed by atoms with Gasteiger partial charge in [-0.2, -0.15) is 4.98 Å². The molecule has 0 amide bonds. The van der Waals surface area contributed by atoms with E-state index in [1.54, 1.807) is 17.8 Å². The summed E-state index contributed by atoms with van der Waals surface area (Å²) in [6, 6.07) is 13.3. The number of fused-ring (bicyclic) bond motifs is 1. The molecular formula is C17H13ClN2O3S.